The van der Waals surface area contributed by atoms with Gasteiger partial charge in [0.25, 0.3) is 11.5 Å². The van der Waals surface area contributed by atoms with Gasteiger partial charge in [-0.25, -0.2) is 0 Å². The second-order valence-electron chi connectivity index (χ2n) is 4.94. The van der Waals surface area contributed by atoms with Gasteiger partial charge in [0, 0.05) is 18.9 Å². The summed E-state index contributed by atoms with van der Waals surface area (Å²) in [6.45, 7) is 2.87. The monoisotopic (exact) mass is 347 g/mol. The van der Waals surface area contributed by atoms with Gasteiger partial charge in [0.1, 0.15) is 5.02 Å². The minimum absolute atomic E-state index is 0.0527. The van der Waals surface area contributed by atoms with Crippen LogP contribution in [0.2, 0.25) is 5.02 Å². The zero-order valence-corrected chi connectivity index (χ0v) is 13.5. The zero-order chi connectivity index (χ0) is 17.1. The third-order valence-corrected chi connectivity index (χ3v) is 3.67. The second kappa shape index (κ2) is 6.71. The summed E-state index contributed by atoms with van der Waals surface area (Å²) in [5.41, 5.74) is 0.624. The van der Waals surface area contributed by atoms with Crippen LogP contribution in [0.25, 0.3) is 11.5 Å². The van der Waals surface area contributed by atoms with Crippen LogP contribution in [0.5, 0.6) is 0 Å². The van der Waals surface area contributed by atoms with Crippen molar-refractivity contribution in [3.8, 4) is 11.5 Å². The number of aryl methyl sites for hydroxylation is 1. The van der Waals surface area contributed by atoms with Crippen molar-refractivity contribution in [2.75, 3.05) is 0 Å². The number of nitrogens with zero attached hydrogens (tertiary/aromatic N) is 3. The van der Waals surface area contributed by atoms with Crippen molar-refractivity contribution < 1.29 is 9.32 Å². The second-order valence-corrected chi connectivity index (χ2v) is 5.35. The van der Waals surface area contributed by atoms with E-state index in [1.165, 1.54) is 12.3 Å². The van der Waals surface area contributed by atoms with Gasteiger partial charge in [-0.15, -0.1) is 0 Å². The normalized spacial score (nSPS) is 10.8. The molecule has 0 aliphatic heterocycles. The lowest BCUT2D eigenvalue weighted by atomic mass is 10.2. The van der Waals surface area contributed by atoms with Gasteiger partial charge < -0.3 is 19.4 Å². The molecule has 0 saturated heterocycles. The fraction of sp³-hybridized carbons (Fsp3) is 0.200. The smallest absolute Gasteiger partial charge is 0.266 e. The van der Waals surface area contributed by atoms with Crippen LogP contribution in [-0.2, 0) is 13.1 Å². The van der Waals surface area contributed by atoms with E-state index in [4.69, 9.17) is 16.1 Å². The first kappa shape index (κ1) is 16.0. The molecule has 0 aliphatic carbocycles. The number of hydrogen-bond acceptors (Lipinski definition) is 5. The van der Waals surface area contributed by atoms with Gasteiger partial charge in [0.2, 0.25) is 11.7 Å². The quantitative estimate of drug-likeness (QED) is 0.732. The van der Waals surface area contributed by atoms with Crippen LogP contribution < -0.4 is 10.9 Å². The summed E-state index contributed by atoms with van der Waals surface area (Å²) in [5.74, 6) is 0.320. The maximum absolute atomic E-state index is 12.0. The number of H-pyrrole nitrogens is 1. The summed E-state index contributed by atoms with van der Waals surface area (Å²) in [5, 5.41) is 6.49. The number of carbonyl (C=O) groups excluding carboxylic acids is 1. The van der Waals surface area contributed by atoms with Gasteiger partial charge >= 0.3 is 0 Å². The molecule has 3 aromatic rings. The van der Waals surface area contributed by atoms with E-state index < -0.39 is 11.5 Å². The summed E-state index contributed by atoms with van der Waals surface area (Å²) in [6.07, 6.45) is 3.21. The van der Waals surface area contributed by atoms with E-state index in [2.05, 4.69) is 20.4 Å². The number of carbonyl (C=O) groups is 1. The largest absolute Gasteiger partial charge is 0.345 e. The van der Waals surface area contributed by atoms with Crippen LogP contribution >= 0.6 is 11.6 Å². The third kappa shape index (κ3) is 3.23. The molecule has 1 amide bonds. The molecule has 124 valence electrons. The van der Waals surface area contributed by atoms with Crippen molar-refractivity contribution in [2.45, 2.75) is 20.0 Å². The van der Waals surface area contributed by atoms with Crippen LogP contribution in [0, 0.1) is 0 Å². The molecule has 0 spiro atoms. The molecule has 8 nitrogen and oxygen atoms in total. The lowest BCUT2D eigenvalue weighted by molar-refractivity contribution is 0.0946. The highest BCUT2D eigenvalue weighted by atomic mass is 35.5. The fourth-order valence-electron chi connectivity index (χ4n) is 2.17. The predicted molar refractivity (Wildman–Crippen MR) is 86.6 cm³/mol. The molecule has 0 unspecified atom stereocenters. The minimum atomic E-state index is -0.450. The number of halogens is 1. The Balaban J connectivity index is 1.68. The highest BCUT2D eigenvalue weighted by Crippen LogP contribution is 2.16. The van der Waals surface area contributed by atoms with Crippen molar-refractivity contribution in [3.05, 3.63) is 57.4 Å². The molecular weight excluding hydrogens is 334 g/mol. The summed E-state index contributed by atoms with van der Waals surface area (Å²) < 4.78 is 7.13. The van der Waals surface area contributed by atoms with Crippen LogP contribution in [0.15, 0.2) is 39.9 Å². The first-order valence-corrected chi connectivity index (χ1v) is 7.61. The van der Waals surface area contributed by atoms with E-state index in [9.17, 15) is 9.59 Å². The molecule has 0 aromatic carbocycles. The van der Waals surface area contributed by atoms with Crippen molar-refractivity contribution >= 4 is 17.5 Å². The first-order chi connectivity index (χ1) is 11.6. The van der Waals surface area contributed by atoms with E-state index in [-0.39, 0.29) is 23.0 Å². The van der Waals surface area contributed by atoms with Crippen LogP contribution in [0.1, 0.15) is 23.2 Å². The van der Waals surface area contributed by atoms with Gasteiger partial charge in [0.15, 0.2) is 0 Å². The number of nitrogens with one attached hydrogen (secondary N) is 2. The van der Waals surface area contributed by atoms with Crippen molar-refractivity contribution in [1.29, 1.82) is 0 Å². The molecule has 3 heterocycles. The minimum Gasteiger partial charge on any atom is -0.345 e. The Kier molecular flexibility index (Phi) is 4.48. The number of rotatable bonds is 5. The Morgan fingerprint density at radius 2 is 2.33 bits per heavy atom. The number of pyridine rings is 1. The molecule has 0 aliphatic rings. The van der Waals surface area contributed by atoms with Gasteiger partial charge in [-0.05, 0) is 25.1 Å². The molecule has 2 N–H and O–H groups in total. The average molecular weight is 348 g/mol. The summed E-state index contributed by atoms with van der Waals surface area (Å²) >= 11 is 5.70. The topological polar surface area (TPSA) is 106 Å². The maximum atomic E-state index is 12.0. The Bertz CT molecular complexity index is 927. The Hall–Kier alpha value is -2.87. The number of aromatic nitrogens is 4. The molecule has 0 atom stereocenters. The molecule has 3 rings (SSSR count). The number of amides is 1. The first-order valence-electron chi connectivity index (χ1n) is 7.23. The maximum Gasteiger partial charge on any atom is 0.266 e. The molecule has 24 heavy (non-hydrogen) atoms. The van der Waals surface area contributed by atoms with Crippen molar-refractivity contribution in [1.82, 2.24) is 25.0 Å². The Morgan fingerprint density at radius 3 is 3.08 bits per heavy atom. The molecule has 0 bridgehead atoms. The predicted octanol–water partition coefficient (Wildman–Crippen LogP) is 1.83. The van der Waals surface area contributed by atoms with E-state index in [0.717, 1.165) is 12.2 Å². The average Bonchev–Trinajstić information content (AvgIpc) is 3.23. The van der Waals surface area contributed by atoms with Crippen LogP contribution in [0.4, 0.5) is 0 Å². The summed E-state index contributed by atoms with van der Waals surface area (Å²) in [6, 6.07) is 5.08. The Morgan fingerprint density at radius 1 is 1.50 bits per heavy atom. The van der Waals surface area contributed by atoms with E-state index in [1.54, 1.807) is 0 Å². The highest BCUT2D eigenvalue weighted by molar-refractivity contribution is 6.30. The van der Waals surface area contributed by atoms with Crippen LogP contribution in [-0.4, -0.2) is 25.6 Å². The van der Waals surface area contributed by atoms with Crippen molar-refractivity contribution in [2.24, 2.45) is 0 Å². The van der Waals surface area contributed by atoms with E-state index >= 15 is 0 Å². The summed E-state index contributed by atoms with van der Waals surface area (Å²) in [4.78, 5) is 29.9. The molecule has 0 saturated carbocycles. The highest BCUT2D eigenvalue weighted by Gasteiger charge is 2.13. The van der Waals surface area contributed by atoms with Gasteiger partial charge in [-0.2, -0.15) is 4.98 Å². The number of hydrogen-bond donors (Lipinski definition) is 2. The standard InChI is InChI=1S/C15H14ClN5O3/c1-2-21-5-3-4-11(21)13-19-12(24-20-13)8-18-14(22)9-6-10(16)15(23)17-7-9/h3-7H,2,8H2,1H3,(H,17,23)(H,18,22). The fourth-order valence-corrected chi connectivity index (χ4v) is 2.34. The van der Waals surface area contributed by atoms with Gasteiger partial charge in [-0.1, -0.05) is 16.8 Å². The lowest BCUT2D eigenvalue weighted by Gasteiger charge is -2.02. The van der Waals surface area contributed by atoms with Gasteiger partial charge in [0.05, 0.1) is 17.8 Å². The van der Waals surface area contributed by atoms with E-state index in [0.29, 0.717) is 5.82 Å². The summed E-state index contributed by atoms with van der Waals surface area (Å²) in [7, 11) is 0. The lowest BCUT2D eigenvalue weighted by Crippen LogP contribution is -2.24. The molecule has 3 aromatic heterocycles. The molecular formula is C15H14ClN5O3. The Labute approximate surface area is 141 Å². The van der Waals surface area contributed by atoms with Gasteiger partial charge in [-0.3, -0.25) is 9.59 Å². The van der Waals surface area contributed by atoms with E-state index in [1.807, 2.05) is 29.8 Å². The van der Waals surface area contributed by atoms with Crippen LogP contribution in [0.3, 0.4) is 0 Å². The van der Waals surface area contributed by atoms with Crippen molar-refractivity contribution in [3.63, 3.8) is 0 Å². The zero-order valence-electron chi connectivity index (χ0n) is 12.7. The SMILES string of the molecule is CCn1cccc1-c1noc(CNC(=O)c2c[nH]c(=O)c(Cl)c2)n1. The molecule has 0 radical (unpaired) electrons. The molecule has 0 fully saturated rings. The third-order valence-electron chi connectivity index (χ3n) is 3.39. The number of aromatic amines is 1. The molecule has 9 heteroatoms.